The Kier molecular flexibility index (Phi) is 5.55. The summed E-state index contributed by atoms with van der Waals surface area (Å²) in [7, 11) is 0. The number of ketones is 1. The molecule has 0 saturated carbocycles. The maximum absolute atomic E-state index is 12.1. The van der Waals surface area contributed by atoms with Crippen LogP contribution in [-0.2, 0) is 4.74 Å². The van der Waals surface area contributed by atoms with Gasteiger partial charge in [0.25, 0.3) is 0 Å². The van der Waals surface area contributed by atoms with Crippen LogP contribution in [0.3, 0.4) is 0 Å². The second kappa shape index (κ2) is 7.17. The van der Waals surface area contributed by atoms with Crippen LogP contribution in [0.25, 0.3) is 0 Å². The minimum atomic E-state index is 0.215. The summed E-state index contributed by atoms with van der Waals surface area (Å²) < 4.78 is 6.63. The van der Waals surface area contributed by atoms with E-state index in [1.54, 1.807) is 0 Å². The van der Waals surface area contributed by atoms with E-state index in [2.05, 4.69) is 27.8 Å². The lowest BCUT2D eigenvalue weighted by Crippen LogP contribution is -2.42. The highest BCUT2D eigenvalue weighted by molar-refractivity contribution is 9.10. The zero-order valence-electron chi connectivity index (χ0n) is 11.3. The summed E-state index contributed by atoms with van der Waals surface area (Å²) >= 11 is 3.38. The van der Waals surface area contributed by atoms with Gasteiger partial charge in [0.05, 0.1) is 12.7 Å². The number of morpholine rings is 1. The second-order valence-electron chi connectivity index (χ2n) is 4.88. The molecule has 1 aliphatic rings. The minimum absolute atomic E-state index is 0.215. The Labute approximate surface area is 123 Å². The molecule has 0 spiro atoms. The second-order valence-corrected chi connectivity index (χ2v) is 5.80. The molecule has 0 radical (unpaired) electrons. The molecule has 0 bridgehead atoms. The summed E-state index contributed by atoms with van der Waals surface area (Å²) in [6.07, 6.45) is 1.95. The summed E-state index contributed by atoms with van der Waals surface area (Å²) in [4.78, 5) is 14.4. The van der Waals surface area contributed by atoms with E-state index in [1.807, 2.05) is 24.3 Å². The molecule has 1 aromatic carbocycles. The number of carbonyl (C=O) groups excluding carboxylic acids is 1. The Hall–Kier alpha value is -0.710. The van der Waals surface area contributed by atoms with Gasteiger partial charge in [0.2, 0.25) is 0 Å². The normalized spacial score (nSPS) is 20.4. The zero-order valence-corrected chi connectivity index (χ0v) is 12.9. The highest BCUT2D eigenvalue weighted by Gasteiger charge is 2.19. The van der Waals surface area contributed by atoms with Gasteiger partial charge >= 0.3 is 0 Å². The van der Waals surface area contributed by atoms with E-state index < -0.39 is 0 Å². The van der Waals surface area contributed by atoms with Crippen LogP contribution in [0, 0.1) is 0 Å². The first kappa shape index (κ1) is 14.7. The molecule has 0 N–H and O–H groups in total. The van der Waals surface area contributed by atoms with Gasteiger partial charge in [0.1, 0.15) is 0 Å². The molecule has 1 aromatic rings. The standard InChI is InChI=1S/C15H20BrNO2/c1-2-14-11-17(9-10-19-14)8-7-15(18)12-3-5-13(16)6-4-12/h3-6,14H,2,7-11H2,1H3. The molecule has 2 rings (SSSR count). The Morgan fingerprint density at radius 2 is 2.16 bits per heavy atom. The number of ether oxygens (including phenoxy) is 1. The molecule has 19 heavy (non-hydrogen) atoms. The van der Waals surface area contributed by atoms with Crippen molar-refractivity contribution in [2.24, 2.45) is 0 Å². The van der Waals surface area contributed by atoms with Crippen LogP contribution in [0.1, 0.15) is 30.1 Å². The maximum atomic E-state index is 12.1. The molecule has 1 atom stereocenters. The van der Waals surface area contributed by atoms with Crippen molar-refractivity contribution in [2.75, 3.05) is 26.2 Å². The molecule has 1 unspecified atom stereocenters. The number of benzene rings is 1. The van der Waals surface area contributed by atoms with Gasteiger partial charge < -0.3 is 4.74 Å². The van der Waals surface area contributed by atoms with Crippen LogP contribution < -0.4 is 0 Å². The number of Topliss-reactive ketones (excluding diaryl/α,β-unsaturated/α-hetero) is 1. The number of hydrogen-bond acceptors (Lipinski definition) is 3. The van der Waals surface area contributed by atoms with Gasteiger partial charge in [-0.15, -0.1) is 0 Å². The highest BCUT2D eigenvalue weighted by atomic mass is 79.9. The van der Waals surface area contributed by atoms with Crippen LogP contribution in [-0.4, -0.2) is 43.0 Å². The Morgan fingerprint density at radius 1 is 1.42 bits per heavy atom. The van der Waals surface area contributed by atoms with E-state index in [0.29, 0.717) is 12.5 Å². The first-order chi connectivity index (χ1) is 9.19. The predicted octanol–water partition coefficient (Wildman–Crippen LogP) is 3.13. The molecule has 0 aliphatic carbocycles. The minimum Gasteiger partial charge on any atom is -0.376 e. The van der Waals surface area contributed by atoms with Crippen molar-refractivity contribution >= 4 is 21.7 Å². The van der Waals surface area contributed by atoms with Crippen LogP contribution in [0.4, 0.5) is 0 Å². The largest absolute Gasteiger partial charge is 0.376 e. The lowest BCUT2D eigenvalue weighted by Gasteiger charge is -2.32. The van der Waals surface area contributed by atoms with Crippen LogP contribution in [0.15, 0.2) is 28.7 Å². The van der Waals surface area contributed by atoms with E-state index in [1.165, 1.54) is 0 Å². The predicted molar refractivity (Wildman–Crippen MR) is 79.6 cm³/mol. The molecule has 1 saturated heterocycles. The van der Waals surface area contributed by atoms with Crippen LogP contribution in [0.2, 0.25) is 0 Å². The van der Waals surface area contributed by atoms with E-state index >= 15 is 0 Å². The van der Waals surface area contributed by atoms with Crippen molar-refractivity contribution in [2.45, 2.75) is 25.9 Å². The number of rotatable bonds is 5. The number of carbonyl (C=O) groups is 1. The Bertz CT molecular complexity index is 419. The molecule has 1 heterocycles. The van der Waals surface area contributed by atoms with Crippen LogP contribution in [0.5, 0.6) is 0 Å². The summed E-state index contributed by atoms with van der Waals surface area (Å²) in [5.41, 5.74) is 0.795. The summed E-state index contributed by atoms with van der Waals surface area (Å²) in [5.74, 6) is 0.215. The van der Waals surface area contributed by atoms with Gasteiger partial charge in [-0.2, -0.15) is 0 Å². The van der Waals surface area contributed by atoms with Crippen molar-refractivity contribution in [3.05, 3.63) is 34.3 Å². The van der Waals surface area contributed by atoms with Crippen molar-refractivity contribution < 1.29 is 9.53 Å². The molecular weight excluding hydrogens is 306 g/mol. The van der Waals surface area contributed by atoms with Crippen molar-refractivity contribution in [3.63, 3.8) is 0 Å². The van der Waals surface area contributed by atoms with E-state index in [-0.39, 0.29) is 5.78 Å². The highest BCUT2D eigenvalue weighted by Crippen LogP contribution is 2.13. The molecule has 104 valence electrons. The van der Waals surface area contributed by atoms with Gasteiger partial charge in [0.15, 0.2) is 5.78 Å². The van der Waals surface area contributed by atoms with E-state index in [4.69, 9.17) is 4.74 Å². The average Bonchev–Trinajstić information content (AvgIpc) is 2.46. The van der Waals surface area contributed by atoms with Gasteiger partial charge in [-0.1, -0.05) is 35.0 Å². The van der Waals surface area contributed by atoms with Crippen molar-refractivity contribution in [1.82, 2.24) is 4.90 Å². The van der Waals surface area contributed by atoms with Gasteiger partial charge in [-0.3, -0.25) is 9.69 Å². The first-order valence-corrected chi connectivity index (χ1v) is 7.61. The first-order valence-electron chi connectivity index (χ1n) is 6.81. The summed E-state index contributed by atoms with van der Waals surface area (Å²) in [6, 6.07) is 7.57. The molecule has 1 fully saturated rings. The third-order valence-corrected chi connectivity index (χ3v) is 4.03. The fraction of sp³-hybridized carbons (Fsp3) is 0.533. The fourth-order valence-electron chi connectivity index (χ4n) is 2.27. The fourth-order valence-corrected chi connectivity index (χ4v) is 2.53. The molecular formula is C15H20BrNO2. The Balaban J connectivity index is 1.81. The molecule has 4 heteroatoms. The molecule has 1 aliphatic heterocycles. The quantitative estimate of drug-likeness (QED) is 0.779. The lowest BCUT2D eigenvalue weighted by atomic mass is 10.1. The summed E-state index contributed by atoms with van der Waals surface area (Å²) in [6.45, 7) is 5.63. The SMILES string of the molecule is CCC1CN(CCC(=O)c2ccc(Br)cc2)CCO1. The average molecular weight is 326 g/mol. The van der Waals surface area contributed by atoms with E-state index in [9.17, 15) is 4.79 Å². The van der Waals surface area contributed by atoms with Gasteiger partial charge in [-0.25, -0.2) is 0 Å². The molecule has 0 amide bonds. The van der Waals surface area contributed by atoms with Gasteiger partial charge in [0, 0.05) is 36.1 Å². The monoisotopic (exact) mass is 325 g/mol. The molecule has 3 nitrogen and oxygen atoms in total. The maximum Gasteiger partial charge on any atom is 0.164 e. The number of halogens is 1. The van der Waals surface area contributed by atoms with Crippen LogP contribution >= 0.6 is 15.9 Å². The lowest BCUT2D eigenvalue weighted by molar-refractivity contribution is -0.0293. The number of nitrogens with zero attached hydrogens (tertiary/aromatic N) is 1. The topological polar surface area (TPSA) is 29.5 Å². The smallest absolute Gasteiger partial charge is 0.164 e. The van der Waals surface area contributed by atoms with Gasteiger partial charge in [-0.05, 0) is 18.6 Å². The zero-order chi connectivity index (χ0) is 13.7. The summed E-state index contributed by atoms with van der Waals surface area (Å²) in [5, 5.41) is 0. The van der Waals surface area contributed by atoms with Crippen molar-refractivity contribution in [3.8, 4) is 0 Å². The number of hydrogen-bond donors (Lipinski definition) is 0. The third-order valence-electron chi connectivity index (χ3n) is 3.50. The third kappa shape index (κ3) is 4.41. The Morgan fingerprint density at radius 3 is 2.84 bits per heavy atom. The molecule has 0 aromatic heterocycles. The van der Waals surface area contributed by atoms with E-state index in [0.717, 1.165) is 42.7 Å². The van der Waals surface area contributed by atoms with Crippen molar-refractivity contribution in [1.29, 1.82) is 0 Å².